The Morgan fingerprint density at radius 1 is 1.41 bits per heavy atom. The van der Waals surface area contributed by atoms with Crippen molar-refractivity contribution in [2.45, 2.75) is 26.8 Å². The van der Waals surface area contributed by atoms with E-state index in [0.29, 0.717) is 0 Å². The van der Waals surface area contributed by atoms with Crippen LogP contribution in [-0.4, -0.2) is 24.1 Å². The topological polar surface area (TPSA) is 25.2 Å². The van der Waals surface area contributed by atoms with Gasteiger partial charge < -0.3 is 9.67 Å². The van der Waals surface area contributed by atoms with Crippen LogP contribution >= 0.6 is 0 Å². The first-order valence-corrected chi connectivity index (χ1v) is 6.13. The minimum absolute atomic E-state index is 0.223. The number of aryl methyl sites for hydroxylation is 1. The largest absolute Gasteiger partial charge is 0.396 e. The zero-order valence-electron chi connectivity index (χ0n) is 10.5. The molecular weight excluding hydrogens is 209 g/mol. The van der Waals surface area contributed by atoms with Crippen molar-refractivity contribution in [3.8, 4) is 0 Å². The Bertz CT molecular complexity index is 518. The predicted octanol–water partition coefficient (Wildman–Crippen LogP) is 1.63. The fourth-order valence-corrected chi connectivity index (χ4v) is 2.25. The number of rotatable bonds is 4. The smallest absolute Gasteiger partial charge is 0.113 e. The van der Waals surface area contributed by atoms with E-state index in [1.165, 1.54) is 16.5 Å². The number of fused-ring (bicyclic) bond motifs is 1. The fraction of sp³-hybridized carbons (Fsp3) is 0.429. The summed E-state index contributed by atoms with van der Waals surface area (Å²) in [6.45, 7) is 5.37. The highest BCUT2D eigenvalue weighted by atomic mass is 16.3. The van der Waals surface area contributed by atoms with Crippen LogP contribution in [0.4, 0.5) is 0 Å². The van der Waals surface area contributed by atoms with Crippen molar-refractivity contribution in [1.29, 1.82) is 0 Å². The third-order valence-corrected chi connectivity index (χ3v) is 3.21. The van der Waals surface area contributed by atoms with Crippen LogP contribution in [0, 0.1) is 5.92 Å². The summed E-state index contributed by atoms with van der Waals surface area (Å²) in [6.07, 6.45) is 3.07. The van der Waals surface area contributed by atoms with E-state index < -0.39 is 0 Å². The first kappa shape index (κ1) is 12.2. The number of aliphatic hydroxyl groups excluding tert-OH is 1. The number of hydrogen-bond donors (Lipinski definition) is 1. The van der Waals surface area contributed by atoms with Gasteiger partial charge in [-0.25, -0.2) is 0 Å². The highest BCUT2D eigenvalue weighted by Crippen LogP contribution is 2.22. The maximum absolute atomic E-state index is 9.16. The molecule has 0 aliphatic rings. The van der Waals surface area contributed by atoms with Crippen molar-refractivity contribution in [1.82, 2.24) is 4.57 Å². The summed E-state index contributed by atoms with van der Waals surface area (Å²) in [5, 5.41) is 10.4. The highest BCUT2D eigenvalue weighted by molar-refractivity contribution is 6.33. The van der Waals surface area contributed by atoms with Crippen molar-refractivity contribution in [3.63, 3.8) is 0 Å². The number of aliphatic hydroxyl groups is 1. The van der Waals surface area contributed by atoms with Gasteiger partial charge in [-0.2, -0.15) is 0 Å². The van der Waals surface area contributed by atoms with Gasteiger partial charge in [0.1, 0.15) is 7.85 Å². The number of benzene rings is 1. The second-order valence-electron chi connectivity index (χ2n) is 4.71. The molecule has 1 aromatic heterocycles. The molecular formula is C14H18BNO. The minimum Gasteiger partial charge on any atom is -0.396 e. The van der Waals surface area contributed by atoms with Gasteiger partial charge in [0, 0.05) is 30.3 Å². The Hall–Kier alpha value is -1.22. The molecule has 2 aromatic rings. The molecule has 0 saturated carbocycles. The van der Waals surface area contributed by atoms with Crippen LogP contribution in [0.2, 0.25) is 0 Å². The molecule has 1 aromatic carbocycles. The zero-order chi connectivity index (χ0) is 12.4. The van der Waals surface area contributed by atoms with Gasteiger partial charge in [-0.05, 0) is 30.9 Å². The summed E-state index contributed by atoms with van der Waals surface area (Å²) in [5.74, 6) is 0.285. The molecule has 2 rings (SSSR count). The molecule has 1 unspecified atom stereocenters. The fourth-order valence-electron chi connectivity index (χ4n) is 2.25. The lowest BCUT2D eigenvalue weighted by Gasteiger charge is -2.06. The van der Waals surface area contributed by atoms with E-state index >= 15 is 0 Å². The lowest BCUT2D eigenvalue weighted by molar-refractivity contribution is 0.237. The molecule has 1 atom stereocenters. The second kappa shape index (κ2) is 4.97. The van der Waals surface area contributed by atoms with Crippen LogP contribution in [0.25, 0.3) is 10.9 Å². The summed E-state index contributed by atoms with van der Waals surface area (Å²) in [7, 11) is 5.85. The second-order valence-corrected chi connectivity index (χ2v) is 4.71. The minimum atomic E-state index is 0.223. The molecule has 17 heavy (non-hydrogen) atoms. The molecule has 0 aliphatic heterocycles. The van der Waals surface area contributed by atoms with Gasteiger partial charge in [-0.15, -0.1) is 0 Å². The molecule has 0 aliphatic carbocycles. The third-order valence-electron chi connectivity index (χ3n) is 3.21. The molecule has 3 heteroatoms. The van der Waals surface area contributed by atoms with Gasteiger partial charge in [0.15, 0.2) is 0 Å². The summed E-state index contributed by atoms with van der Waals surface area (Å²) in [5.41, 5.74) is 3.29. The van der Waals surface area contributed by atoms with Gasteiger partial charge in [-0.3, -0.25) is 0 Å². The molecule has 2 nitrogen and oxygen atoms in total. The number of nitrogens with zero attached hydrogens (tertiary/aromatic N) is 1. The van der Waals surface area contributed by atoms with Gasteiger partial charge in [0.2, 0.25) is 0 Å². The highest BCUT2D eigenvalue weighted by Gasteiger charge is 2.10. The van der Waals surface area contributed by atoms with Gasteiger partial charge in [0.25, 0.3) is 0 Å². The average molecular weight is 227 g/mol. The van der Waals surface area contributed by atoms with E-state index in [2.05, 4.69) is 30.7 Å². The Morgan fingerprint density at radius 2 is 2.18 bits per heavy atom. The van der Waals surface area contributed by atoms with Gasteiger partial charge in [-0.1, -0.05) is 24.5 Å². The molecule has 88 valence electrons. The lowest BCUT2D eigenvalue weighted by atomic mass is 9.93. The van der Waals surface area contributed by atoms with Crippen LogP contribution < -0.4 is 5.46 Å². The van der Waals surface area contributed by atoms with Crippen molar-refractivity contribution < 1.29 is 5.11 Å². The third kappa shape index (κ3) is 2.39. The van der Waals surface area contributed by atoms with Crippen molar-refractivity contribution in [3.05, 3.63) is 30.0 Å². The summed E-state index contributed by atoms with van der Waals surface area (Å²) in [6, 6.07) is 6.04. The van der Waals surface area contributed by atoms with Crippen molar-refractivity contribution in [2.24, 2.45) is 5.92 Å². The quantitative estimate of drug-likeness (QED) is 0.789. The number of hydrogen-bond acceptors (Lipinski definition) is 1. The van der Waals surface area contributed by atoms with E-state index in [4.69, 9.17) is 13.0 Å². The first-order chi connectivity index (χ1) is 8.15. The molecule has 1 N–H and O–H groups in total. The molecule has 0 amide bonds. The van der Waals surface area contributed by atoms with Crippen LogP contribution in [-0.2, 0) is 13.0 Å². The maximum atomic E-state index is 9.16. The van der Waals surface area contributed by atoms with Crippen LogP contribution in [0.1, 0.15) is 19.4 Å². The average Bonchev–Trinajstić information content (AvgIpc) is 2.66. The predicted molar refractivity (Wildman–Crippen MR) is 73.0 cm³/mol. The summed E-state index contributed by atoms with van der Waals surface area (Å²) in [4.78, 5) is 0. The van der Waals surface area contributed by atoms with Crippen LogP contribution in [0.5, 0.6) is 0 Å². The van der Waals surface area contributed by atoms with Crippen LogP contribution in [0.3, 0.4) is 0 Å². The van der Waals surface area contributed by atoms with Crippen molar-refractivity contribution >= 4 is 24.2 Å². The van der Waals surface area contributed by atoms with Crippen molar-refractivity contribution in [2.75, 3.05) is 6.61 Å². The molecule has 0 bridgehead atoms. The summed E-state index contributed by atoms with van der Waals surface area (Å²) >= 11 is 0. The zero-order valence-corrected chi connectivity index (χ0v) is 10.5. The Kier molecular flexibility index (Phi) is 3.58. The van der Waals surface area contributed by atoms with E-state index in [-0.39, 0.29) is 12.5 Å². The molecule has 0 saturated heterocycles. The Labute approximate surface area is 104 Å². The van der Waals surface area contributed by atoms with Gasteiger partial charge >= 0.3 is 0 Å². The standard InChI is InChI=1S/C14H18BNO/c1-3-16-8-11(6-10(2)9-17)13-7-12(15)4-5-14(13)16/h4-5,7-8,10,17H,3,6,9H2,1-2H3. The first-order valence-electron chi connectivity index (χ1n) is 6.13. The number of aromatic nitrogens is 1. The van der Waals surface area contributed by atoms with E-state index in [1.54, 1.807) is 0 Å². The van der Waals surface area contributed by atoms with E-state index in [9.17, 15) is 0 Å². The van der Waals surface area contributed by atoms with Crippen LogP contribution in [0.15, 0.2) is 24.4 Å². The maximum Gasteiger partial charge on any atom is 0.113 e. The van der Waals surface area contributed by atoms with E-state index in [1.807, 2.05) is 12.1 Å². The monoisotopic (exact) mass is 227 g/mol. The molecule has 2 radical (unpaired) electrons. The molecule has 0 spiro atoms. The Balaban J connectivity index is 2.50. The normalized spacial score (nSPS) is 13.1. The van der Waals surface area contributed by atoms with E-state index in [0.717, 1.165) is 18.4 Å². The lowest BCUT2D eigenvalue weighted by Crippen LogP contribution is -2.05. The summed E-state index contributed by atoms with van der Waals surface area (Å²) < 4.78 is 2.23. The van der Waals surface area contributed by atoms with Gasteiger partial charge in [0.05, 0.1) is 0 Å². The SMILES string of the molecule is [B]c1ccc2c(c1)c(CC(C)CO)cn2CC. The molecule has 1 heterocycles. The molecule has 0 fully saturated rings. The Morgan fingerprint density at radius 3 is 2.82 bits per heavy atom.